The van der Waals surface area contributed by atoms with Crippen LogP contribution in [-0.4, -0.2) is 22.4 Å². The van der Waals surface area contributed by atoms with Gasteiger partial charge in [-0.1, -0.05) is 6.58 Å². The molecule has 0 saturated heterocycles. The van der Waals surface area contributed by atoms with E-state index in [1.54, 1.807) is 19.9 Å². The molecular formula is C11H14N2O3. The maximum absolute atomic E-state index is 11.4. The van der Waals surface area contributed by atoms with E-state index in [0.29, 0.717) is 5.69 Å². The lowest BCUT2D eigenvalue weighted by molar-refractivity contribution is -0.138. The molecule has 0 radical (unpaired) electrons. The molecule has 86 valence electrons. The molecule has 0 aromatic carbocycles. The number of aryl methyl sites for hydroxylation is 1. The van der Waals surface area contributed by atoms with E-state index in [1.807, 2.05) is 0 Å². The first-order chi connectivity index (χ1) is 7.54. The maximum atomic E-state index is 11.4. The molecule has 1 heterocycles. The van der Waals surface area contributed by atoms with E-state index < -0.39 is 5.97 Å². The van der Waals surface area contributed by atoms with Gasteiger partial charge in [-0.3, -0.25) is 4.79 Å². The fourth-order valence-electron chi connectivity index (χ4n) is 1.14. The van der Waals surface area contributed by atoms with Gasteiger partial charge in [0.1, 0.15) is 0 Å². The Balaban J connectivity index is 2.81. The third kappa shape index (κ3) is 3.05. The van der Waals surface area contributed by atoms with Crippen LogP contribution in [0.5, 0.6) is 0 Å². The van der Waals surface area contributed by atoms with Gasteiger partial charge in [0.05, 0.1) is 24.4 Å². The molecule has 0 N–H and O–H groups in total. The van der Waals surface area contributed by atoms with Crippen LogP contribution in [0.1, 0.15) is 12.6 Å². The Labute approximate surface area is 93.4 Å². The highest BCUT2D eigenvalue weighted by molar-refractivity contribution is 5.87. The van der Waals surface area contributed by atoms with Gasteiger partial charge >= 0.3 is 5.97 Å². The quantitative estimate of drug-likeness (QED) is 0.555. The number of carbonyl (C=O) groups is 1. The largest absolute Gasteiger partial charge is 0.463 e. The summed E-state index contributed by atoms with van der Waals surface area (Å²) in [5.41, 5.74) is 0.648. The lowest BCUT2D eigenvalue weighted by atomic mass is 10.3. The van der Waals surface area contributed by atoms with Crippen LogP contribution in [0, 0.1) is 6.92 Å². The number of hydrogen-bond donors (Lipinski definition) is 0. The summed E-state index contributed by atoms with van der Waals surface area (Å²) in [6, 6.07) is 3.02. The van der Waals surface area contributed by atoms with Crippen molar-refractivity contribution in [2.75, 3.05) is 6.61 Å². The SMILES string of the molecule is C=C(Cn1nc(C)ccc1=O)C(=O)OCC. The summed E-state index contributed by atoms with van der Waals surface area (Å²) >= 11 is 0. The van der Waals surface area contributed by atoms with Gasteiger partial charge in [0.2, 0.25) is 0 Å². The normalized spacial score (nSPS) is 9.88. The van der Waals surface area contributed by atoms with Gasteiger partial charge in [0.25, 0.3) is 5.56 Å². The van der Waals surface area contributed by atoms with E-state index in [9.17, 15) is 9.59 Å². The second kappa shape index (κ2) is 5.25. The van der Waals surface area contributed by atoms with Crippen molar-refractivity contribution in [1.29, 1.82) is 0 Å². The second-order valence-corrected chi connectivity index (χ2v) is 3.29. The fraction of sp³-hybridized carbons (Fsp3) is 0.364. The summed E-state index contributed by atoms with van der Waals surface area (Å²) in [5, 5.41) is 3.99. The van der Waals surface area contributed by atoms with E-state index in [0.717, 1.165) is 0 Å². The average Bonchev–Trinajstić information content (AvgIpc) is 2.23. The Kier molecular flexibility index (Phi) is 3.99. The monoisotopic (exact) mass is 222 g/mol. The molecule has 5 heteroatoms. The first-order valence-electron chi connectivity index (χ1n) is 4.94. The van der Waals surface area contributed by atoms with Crippen LogP contribution < -0.4 is 5.56 Å². The van der Waals surface area contributed by atoms with Crippen molar-refractivity contribution >= 4 is 5.97 Å². The van der Waals surface area contributed by atoms with Crippen LogP contribution >= 0.6 is 0 Å². The molecule has 16 heavy (non-hydrogen) atoms. The summed E-state index contributed by atoms with van der Waals surface area (Å²) in [6.45, 7) is 7.38. The number of aromatic nitrogens is 2. The molecule has 0 aliphatic carbocycles. The molecule has 0 aliphatic heterocycles. The molecule has 0 saturated carbocycles. The van der Waals surface area contributed by atoms with Gasteiger partial charge in [-0.05, 0) is 19.9 Å². The molecule has 0 atom stereocenters. The zero-order valence-electron chi connectivity index (χ0n) is 9.40. The Bertz CT molecular complexity index is 463. The Morgan fingerprint density at radius 3 is 2.88 bits per heavy atom. The van der Waals surface area contributed by atoms with Crippen LogP contribution in [-0.2, 0) is 16.1 Å². The van der Waals surface area contributed by atoms with Crippen molar-refractivity contribution < 1.29 is 9.53 Å². The molecule has 0 fully saturated rings. The second-order valence-electron chi connectivity index (χ2n) is 3.29. The standard InChI is InChI=1S/C11H14N2O3/c1-4-16-11(15)8(2)7-13-10(14)6-5-9(3)12-13/h5-6H,2,4,7H2,1,3H3. The summed E-state index contributed by atoms with van der Waals surface area (Å²) in [5.74, 6) is -0.502. The van der Waals surface area contributed by atoms with Gasteiger partial charge < -0.3 is 4.74 Å². The van der Waals surface area contributed by atoms with Crippen LogP contribution in [0.3, 0.4) is 0 Å². The van der Waals surface area contributed by atoms with E-state index in [1.165, 1.54) is 10.7 Å². The van der Waals surface area contributed by atoms with Crippen LogP contribution in [0.4, 0.5) is 0 Å². The number of ether oxygens (including phenoxy) is 1. The molecule has 1 aromatic heterocycles. The lowest BCUT2D eigenvalue weighted by Gasteiger charge is -2.07. The Hall–Kier alpha value is -1.91. The van der Waals surface area contributed by atoms with Gasteiger partial charge in [-0.25, -0.2) is 9.48 Å². The van der Waals surface area contributed by atoms with Crippen LogP contribution in [0.2, 0.25) is 0 Å². The number of esters is 1. The van der Waals surface area contributed by atoms with E-state index in [-0.39, 0.29) is 24.3 Å². The van der Waals surface area contributed by atoms with Gasteiger partial charge in [-0.2, -0.15) is 5.10 Å². The van der Waals surface area contributed by atoms with Crippen molar-refractivity contribution in [2.24, 2.45) is 0 Å². The summed E-state index contributed by atoms with van der Waals surface area (Å²) in [4.78, 5) is 22.7. The molecule has 0 unspecified atom stereocenters. The first kappa shape index (κ1) is 12.2. The number of carbonyl (C=O) groups excluding carboxylic acids is 1. The third-order valence-corrected chi connectivity index (χ3v) is 1.90. The highest BCUT2D eigenvalue weighted by Crippen LogP contribution is 1.97. The summed E-state index contributed by atoms with van der Waals surface area (Å²) in [7, 11) is 0. The van der Waals surface area contributed by atoms with Gasteiger partial charge in [0, 0.05) is 6.07 Å². The Morgan fingerprint density at radius 1 is 1.56 bits per heavy atom. The van der Waals surface area contributed by atoms with Crippen molar-refractivity contribution in [3.05, 3.63) is 40.3 Å². The Morgan fingerprint density at radius 2 is 2.25 bits per heavy atom. The topological polar surface area (TPSA) is 61.2 Å². The van der Waals surface area contributed by atoms with Crippen LogP contribution in [0.15, 0.2) is 29.1 Å². The first-order valence-corrected chi connectivity index (χ1v) is 4.94. The molecule has 0 spiro atoms. The lowest BCUT2D eigenvalue weighted by Crippen LogP contribution is -2.25. The molecule has 0 aliphatic rings. The molecule has 0 amide bonds. The smallest absolute Gasteiger partial charge is 0.335 e. The minimum absolute atomic E-state index is 0.0549. The summed E-state index contributed by atoms with van der Waals surface area (Å²) in [6.07, 6.45) is 0. The number of rotatable bonds is 4. The highest BCUT2D eigenvalue weighted by atomic mass is 16.5. The van der Waals surface area contributed by atoms with Crippen molar-refractivity contribution in [3.8, 4) is 0 Å². The minimum Gasteiger partial charge on any atom is -0.463 e. The van der Waals surface area contributed by atoms with Crippen molar-refractivity contribution in [2.45, 2.75) is 20.4 Å². The van der Waals surface area contributed by atoms with Gasteiger partial charge in [-0.15, -0.1) is 0 Å². The fourth-order valence-corrected chi connectivity index (χ4v) is 1.14. The molecule has 1 rings (SSSR count). The molecular weight excluding hydrogens is 208 g/mol. The molecule has 5 nitrogen and oxygen atoms in total. The predicted molar refractivity (Wildman–Crippen MR) is 59.0 cm³/mol. The van der Waals surface area contributed by atoms with Crippen molar-refractivity contribution in [1.82, 2.24) is 9.78 Å². The third-order valence-electron chi connectivity index (χ3n) is 1.90. The predicted octanol–water partition coefficient (Wildman–Crippen LogP) is 0.671. The van der Waals surface area contributed by atoms with E-state index in [4.69, 9.17) is 4.74 Å². The average molecular weight is 222 g/mol. The van der Waals surface area contributed by atoms with Crippen molar-refractivity contribution in [3.63, 3.8) is 0 Å². The number of nitrogens with zero attached hydrogens (tertiary/aromatic N) is 2. The number of hydrogen-bond acceptors (Lipinski definition) is 4. The minimum atomic E-state index is -0.502. The molecule has 1 aromatic rings. The molecule has 0 bridgehead atoms. The maximum Gasteiger partial charge on any atom is 0.335 e. The summed E-state index contributed by atoms with van der Waals surface area (Å²) < 4.78 is 5.95. The highest BCUT2D eigenvalue weighted by Gasteiger charge is 2.09. The van der Waals surface area contributed by atoms with Crippen LogP contribution in [0.25, 0.3) is 0 Å². The zero-order chi connectivity index (χ0) is 12.1. The zero-order valence-corrected chi connectivity index (χ0v) is 9.40. The van der Waals surface area contributed by atoms with Gasteiger partial charge in [0.15, 0.2) is 0 Å². The van der Waals surface area contributed by atoms with E-state index >= 15 is 0 Å². The van der Waals surface area contributed by atoms with E-state index in [2.05, 4.69) is 11.7 Å².